The Morgan fingerprint density at radius 3 is 2.67 bits per heavy atom. The number of pyridine rings is 1. The van der Waals surface area contributed by atoms with Gasteiger partial charge in [0.25, 0.3) is 0 Å². The Morgan fingerprint density at radius 1 is 1.40 bits per heavy atom. The number of hydrogen-bond donors (Lipinski definition) is 2. The molecule has 0 saturated carbocycles. The van der Waals surface area contributed by atoms with Crippen molar-refractivity contribution in [1.29, 1.82) is 0 Å². The quantitative estimate of drug-likeness (QED) is 0.794. The fourth-order valence-electron chi connectivity index (χ4n) is 1.32. The third kappa shape index (κ3) is 3.06. The van der Waals surface area contributed by atoms with Gasteiger partial charge >= 0.3 is 0 Å². The summed E-state index contributed by atoms with van der Waals surface area (Å²) in [6.45, 7) is 3.15. The monoisotopic (exact) mass is 230 g/mol. The molecule has 0 aliphatic heterocycles. The summed E-state index contributed by atoms with van der Waals surface area (Å²) >= 11 is 5.83. The molecule has 0 aliphatic rings. The van der Waals surface area contributed by atoms with Crippen molar-refractivity contribution in [3.05, 3.63) is 22.8 Å². The van der Waals surface area contributed by atoms with Crippen LogP contribution in [0.25, 0.3) is 0 Å². The molecule has 84 valence electrons. The molecule has 0 aromatic carbocycles. The van der Waals surface area contributed by atoms with Gasteiger partial charge in [-0.1, -0.05) is 11.6 Å². The number of likely N-dealkylation sites (N-methyl/N-ethyl adjacent to an activating group) is 1. The summed E-state index contributed by atoms with van der Waals surface area (Å²) in [6, 6.07) is 3.48. The summed E-state index contributed by atoms with van der Waals surface area (Å²) in [6.07, 6.45) is 0. The highest BCUT2D eigenvalue weighted by Crippen LogP contribution is 2.19. The third-order valence-corrected chi connectivity index (χ3v) is 2.47. The Labute approximate surface area is 94.1 Å². The largest absolute Gasteiger partial charge is 0.395 e. The average molecular weight is 231 g/mol. The van der Waals surface area contributed by atoms with Crippen LogP contribution in [0, 0.1) is 0 Å². The van der Waals surface area contributed by atoms with Crippen molar-refractivity contribution in [2.24, 2.45) is 0 Å². The van der Waals surface area contributed by atoms with Crippen molar-refractivity contribution in [3.63, 3.8) is 0 Å². The molecule has 15 heavy (non-hydrogen) atoms. The van der Waals surface area contributed by atoms with E-state index in [0.29, 0.717) is 17.3 Å². The summed E-state index contributed by atoms with van der Waals surface area (Å²) in [5.41, 5.74) is 0.463. The second-order valence-corrected chi connectivity index (χ2v) is 3.47. The number of rotatable bonds is 5. The number of halogens is 1. The van der Waals surface area contributed by atoms with Gasteiger partial charge in [0.15, 0.2) is 0 Å². The van der Waals surface area contributed by atoms with Crippen LogP contribution in [0.15, 0.2) is 12.1 Å². The van der Waals surface area contributed by atoms with E-state index in [1.807, 2.05) is 11.8 Å². The van der Waals surface area contributed by atoms with E-state index < -0.39 is 0 Å². The van der Waals surface area contributed by atoms with E-state index in [1.54, 1.807) is 12.1 Å². The van der Waals surface area contributed by atoms with Crippen LogP contribution in [0.3, 0.4) is 0 Å². The van der Waals surface area contributed by atoms with Gasteiger partial charge in [-0.05, 0) is 19.1 Å². The Balaban J connectivity index is 2.92. The highest BCUT2D eigenvalue weighted by Gasteiger charge is 2.08. The van der Waals surface area contributed by atoms with Crippen molar-refractivity contribution in [2.45, 2.75) is 13.5 Å². The first-order chi connectivity index (χ1) is 7.22. The minimum Gasteiger partial charge on any atom is -0.395 e. The van der Waals surface area contributed by atoms with Crippen molar-refractivity contribution in [3.8, 4) is 0 Å². The Kier molecular flexibility index (Phi) is 4.81. The first-order valence-corrected chi connectivity index (χ1v) is 5.22. The summed E-state index contributed by atoms with van der Waals surface area (Å²) in [7, 11) is 0. The summed E-state index contributed by atoms with van der Waals surface area (Å²) in [5, 5.41) is 18.3. The zero-order valence-corrected chi connectivity index (χ0v) is 9.41. The second kappa shape index (κ2) is 5.90. The second-order valence-electron chi connectivity index (χ2n) is 3.06. The molecule has 5 heteroatoms. The molecule has 0 bridgehead atoms. The SMILES string of the molecule is CCN(CCO)c1ccc(Cl)c(CO)n1. The number of aliphatic hydroxyl groups is 2. The van der Waals surface area contributed by atoms with Crippen molar-refractivity contribution in [1.82, 2.24) is 4.98 Å². The Morgan fingerprint density at radius 2 is 2.13 bits per heavy atom. The van der Waals surface area contributed by atoms with E-state index in [9.17, 15) is 0 Å². The van der Waals surface area contributed by atoms with E-state index in [1.165, 1.54) is 0 Å². The minimum absolute atomic E-state index is 0.0760. The molecule has 0 atom stereocenters. The van der Waals surface area contributed by atoms with Gasteiger partial charge in [-0.3, -0.25) is 0 Å². The van der Waals surface area contributed by atoms with Crippen LogP contribution in [-0.4, -0.2) is 34.9 Å². The van der Waals surface area contributed by atoms with Gasteiger partial charge in [0.2, 0.25) is 0 Å². The summed E-state index contributed by atoms with van der Waals surface area (Å²) in [5.74, 6) is 0.722. The van der Waals surface area contributed by atoms with Crippen LogP contribution in [0.1, 0.15) is 12.6 Å². The summed E-state index contributed by atoms with van der Waals surface area (Å²) < 4.78 is 0. The lowest BCUT2D eigenvalue weighted by molar-refractivity contribution is 0.277. The fourth-order valence-corrected chi connectivity index (χ4v) is 1.48. The highest BCUT2D eigenvalue weighted by atomic mass is 35.5. The van der Waals surface area contributed by atoms with Gasteiger partial charge in [-0.15, -0.1) is 0 Å². The molecule has 0 unspecified atom stereocenters. The van der Waals surface area contributed by atoms with Crippen LogP contribution in [0.2, 0.25) is 5.02 Å². The molecule has 4 nitrogen and oxygen atoms in total. The topological polar surface area (TPSA) is 56.6 Å². The van der Waals surface area contributed by atoms with E-state index in [-0.39, 0.29) is 13.2 Å². The molecule has 0 fully saturated rings. The Bertz CT molecular complexity index is 320. The van der Waals surface area contributed by atoms with Crippen LogP contribution >= 0.6 is 11.6 Å². The van der Waals surface area contributed by atoms with Gasteiger partial charge in [0.05, 0.1) is 23.9 Å². The third-order valence-electron chi connectivity index (χ3n) is 2.13. The predicted molar refractivity (Wildman–Crippen MR) is 60.1 cm³/mol. The Hall–Kier alpha value is -0.840. The first-order valence-electron chi connectivity index (χ1n) is 4.85. The number of nitrogens with zero attached hydrogens (tertiary/aromatic N) is 2. The lowest BCUT2D eigenvalue weighted by Gasteiger charge is -2.21. The van der Waals surface area contributed by atoms with Gasteiger partial charge in [0, 0.05) is 13.1 Å². The van der Waals surface area contributed by atoms with E-state index in [0.717, 1.165) is 12.4 Å². The lowest BCUT2D eigenvalue weighted by atomic mass is 10.3. The van der Waals surface area contributed by atoms with Crippen LogP contribution in [-0.2, 0) is 6.61 Å². The van der Waals surface area contributed by atoms with Crippen molar-refractivity contribution < 1.29 is 10.2 Å². The maximum absolute atomic E-state index is 9.01. The molecule has 1 aromatic heterocycles. The maximum atomic E-state index is 9.01. The van der Waals surface area contributed by atoms with Gasteiger partial charge < -0.3 is 15.1 Å². The first kappa shape index (κ1) is 12.2. The fraction of sp³-hybridized carbons (Fsp3) is 0.500. The van der Waals surface area contributed by atoms with Crippen molar-refractivity contribution in [2.75, 3.05) is 24.6 Å². The molecule has 1 heterocycles. The predicted octanol–water partition coefficient (Wildman–Crippen LogP) is 1.05. The molecule has 1 rings (SSSR count). The standard InChI is InChI=1S/C10H15ClN2O2/c1-2-13(5-6-14)10-4-3-8(11)9(7-15)12-10/h3-4,14-15H,2,5-7H2,1H3. The molecule has 2 N–H and O–H groups in total. The molecular formula is C10H15ClN2O2. The average Bonchev–Trinajstić information content (AvgIpc) is 2.27. The van der Waals surface area contributed by atoms with E-state index >= 15 is 0 Å². The molecule has 0 saturated heterocycles. The highest BCUT2D eigenvalue weighted by molar-refractivity contribution is 6.31. The molecule has 0 amide bonds. The van der Waals surface area contributed by atoms with Crippen LogP contribution < -0.4 is 4.90 Å². The lowest BCUT2D eigenvalue weighted by Crippen LogP contribution is -2.27. The smallest absolute Gasteiger partial charge is 0.129 e. The maximum Gasteiger partial charge on any atom is 0.129 e. The normalized spacial score (nSPS) is 10.4. The van der Waals surface area contributed by atoms with E-state index in [2.05, 4.69) is 4.98 Å². The molecule has 1 aromatic rings. The number of aliphatic hydroxyl groups excluding tert-OH is 2. The molecule has 0 aliphatic carbocycles. The molecule has 0 spiro atoms. The van der Waals surface area contributed by atoms with Crippen molar-refractivity contribution >= 4 is 17.4 Å². The zero-order valence-electron chi connectivity index (χ0n) is 8.65. The number of aromatic nitrogens is 1. The number of hydrogen-bond acceptors (Lipinski definition) is 4. The van der Waals surface area contributed by atoms with Crippen LogP contribution in [0.4, 0.5) is 5.82 Å². The van der Waals surface area contributed by atoms with Gasteiger partial charge in [-0.25, -0.2) is 4.98 Å². The molecule has 0 radical (unpaired) electrons. The number of anilines is 1. The van der Waals surface area contributed by atoms with Crippen LogP contribution in [0.5, 0.6) is 0 Å². The summed E-state index contributed by atoms with van der Waals surface area (Å²) in [4.78, 5) is 6.13. The molecular weight excluding hydrogens is 216 g/mol. The van der Waals surface area contributed by atoms with E-state index in [4.69, 9.17) is 21.8 Å². The van der Waals surface area contributed by atoms with Gasteiger partial charge in [0.1, 0.15) is 5.82 Å². The van der Waals surface area contributed by atoms with Gasteiger partial charge in [-0.2, -0.15) is 0 Å². The minimum atomic E-state index is -0.177. The zero-order chi connectivity index (χ0) is 11.3.